The molecule has 0 saturated carbocycles. The molecule has 0 saturated heterocycles. The van der Waals surface area contributed by atoms with E-state index in [2.05, 4.69) is 42.5 Å². The van der Waals surface area contributed by atoms with Crippen molar-refractivity contribution in [3.8, 4) is 11.5 Å². The van der Waals surface area contributed by atoms with Crippen molar-refractivity contribution < 1.29 is 14.3 Å². The van der Waals surface area contributed by atoms with Crippen molar-refractivity contribution in [2.24, 2.45) is 0 Å². The number of anilines is 2. The van der Waals surface area contributed by atoms with Crippen LogP contribution in [0.3, 0.4) is 0 Å². The van der Waals surface area contributed by atoms with Gasteiger partial charge in [0.05, 0.1) is 16.1 Å². The van der Waals surface area contributed by atoms with Gasteiger partial charge in [0.2, 0.25) is 0 Å². The van der Waals surface area contributed by atoms with Crippen molar-refractivity contribution in [1.29, 1.82) is 0 Å². The maximum absolute atomic E-state index is 12.4. The zero-order valence-corrected chi connectivity index (χ0v) is 22.7. The van der Waals surface area contributed by atoms with E-state index in [1.807, 2.05) is 50.2 Å². The first-order chi connectivity index (χ1) is 15.8. The molecular weight excluding hydrogens is 595 g/mol. The number of carbonyl (C=O) groups is 1. The van der Waals surface area contributed by atoms with Gasteiger partial charge in [-0.05, 0) is 99.3 Å². The molecule has 3 aromatic carbocycles. The molecule has 33 heavy (non-hydrogen) atoms. The Bertz CT molecular complexity index is 1160. The molecular formula is C24H22Br2Cl2N2O3. The molecule has 0 aliphatic rings. The third-order valence-electron chi connectivity index (χ3n) is 4.59. The first kappa shape index (κ1) is 25.7. The van der Waals surface area contributed by atoms with Gasteiger partial charge in [-0.25, -0.2) is 0 Å². The number of rotatable bonds is 9. The fraction of sp³-hybridized carbons (Fsp3) is 0.208. The van der Waals surface area contributed by atoms with Crippen LogP contribution in [0, 0.1) is 6.92 Å². The third kappa shape index (κ3) is 7.27. The molecule has 0 bridgehead atoms. The van der Waals surface area contributed by atoms with Crippen LogP contribution in [0.15, 0.2) is 57.5 Å². The highest BCUT2D eigenvalue weighted by Gasteiger charge is 2.15. The molecule has 0 aliphatic carbocycles. The fourth-order valence-electron chi connectivity index (χ4n) is 2.94. The Labute approximate surface area is 220 Å². The van der Waals surface area contributed by atoms with Crippen molar-refractivity contribution >= 4 is 72.3 Å². The minimum atomic E-state index is -0.304. The van der Waals surface area contributed by atoms with E-state index in [0.717, 1.165) is 21.3 Å². The molecule has 3 aromatic rings. The predicted molar refractivity (Wildman–Crippen MR) is 142 cm³/mol. The number of halogens is 4. The Kier molecular flexibility index (Phi) is 9.32. The van der Waals surface area contributed by atoms with Crippen LogP contribution in [0.25, 0.3) is 0 Å². The minimum absolute atomic E-state index is 0.181. The standard InChI is InChI=1S/C24H22Br2Cl2N2O3/c1-3-32-22-9-15(12-29-16-6-7-18(25)21(28)10-16)8-19(26)24(22)33-13-23(31)30-17-5-4-14(2)20(27)11-17/h4-11,29H,3,12-13H2,1-2H3,(H,30,31). The number of benzene rings is 3. The van der Waals surface area contributed by atoms with Crippen molar-refractivity contribution in [2.45, 2.75) is 20.4 Å². The number of nitrogens with one attached hydrogen (secondary N) is 2. The van der Waals surface area contributed by atoms with Crippen LogP contribution in [0.4, 0.5) is 11.4 Å². The molecule has 0 aliphatic heterocycles. The Morgan fingerprint density at radius 3 is 2.36 bits per heavy atom. The van der Waals surface area contributed by atoms with Gasteiger partial charge in [-0.1, -0.05) is 29.3 Å². The largest absolute Gasteiger partial charge is 0.490 e. The molecule has 174 valence electrons. The number of carbonyl (C=O) groups excluding carboxylic acids is 1. The normalized spacial score (nSPS) is 10.6. The molecule has 0 unspecified atom stereocenters. The van der Waals surface area contributed by atoms with Crippen LogP contribution >= 0.6 is 55.1 Å². The van der Waals surface area contributed by atoms with Gasteiger partial charge in [-0.15, -0.1) is 0 Å². The van der Waals surface area contributed by atoms with E-state index in [0.29, 0.717) is 44.9 Å². The summed E-state index contributed by atoms with van der Waals surface area (Å²) in [6.07, 6.45) is 0. The van der Waals surface area contributed by atoms with Crippen LogP contribution in [0.1, 0.15) is 18.1 Å². The summed E-state index contributed by atoms with van der Waals surface area (Å²) in [5, 5.41) is 7.33. The van der Waals surface area contributed by atoms with E-state index < -0.39 is 0 Å². The van der Waals surface area contributed by atoms with E-state index in [9.17, 15) is 4.79 Å². The lowest BCUT2D eigenvalue weighted by molar-refractivity contribution is -0.118. The van der Waals surface area contributed by atoms with E-state index in [1.54, 1.807) is 12.1 Å². The highest BCUT2D eigenvalue weighted by atomic mass is 79.9. The molecule has 0 atom stereocenters. The lowest BCUT2D eigenvalue weighted by atomic mass is 10.2. The van der Waals surface area contributed by atoms with Crippen LogP contribution in [-0.2, 0) is 11.3 Å². The average molecular weight is 617 g/mol. The molecule has 0 aromatic heterocycles. The molecule has 0 heterocycles. The molecule has 0 fully saturated rings. The van der Waals surface area contributed by atoms with Gasteiger partial charge in [-0.3, -0.25) is 4.79 Å². The van der Waals surface area contributed by atoms with Gasteiger partial charge in [0.15, 0.2) is 18.1 Å². The minimum Gasteiger partial charge on any atom is -0.490 e. The first-order valence-electron chi connectivity index (χ1n) is 10.1. The fourth-order valence-corrected chi connectivity index (χ4v) is 4.15. The lowest BCUT2D eigenvalue weighted by Crippen LogP contribution is -2.20. The molecule has 3 rings (SSSR count). The second-order valence-corrected chi connectivity index (χ2v) is 9.64. The summed E-state index contributed by atoms with van der Waals surface area (Å²) in [4.78, 5) is 12.4. The van der Waals surface area contributed by atoms with Gasteiger partial charge >= 0.3 is 0 Å². The molecule has 2 N–H and O–H groups in total. The topological polar surface area (TPSA) is 59.6 Å². The van der Waals surface area contributed by atoms with Crippen molar-refractivity contribution in [2.75, 3.05) is 23.8 Å². The Balaban J connectivity index is 1.67. The maximum atomic E-state index is 12.4. The summed E-state index contributed by atoms with van der Waals surface area (Å²) in [6, 6.07) is 14.8. The van der Waals surface area contributed by atoms with Crippen LogP contribution < -0.4 is 20.1 Å². The summed E-state index contributed by atoms with van der Waals surface area (Å²) in [5.74, 6) is 0.704. The van der Waals surface area contributed by atoms with Gasteiger partial charge in [0.25, 0.3) is 5.91 Å². The zero-order chi connectivity index (χ0) is 24.0. The monoisotopic (exact) mass is 614 g/mol. The van der Waals surface area contributed by atoms with E-state index >= 15 is 0 Å². The smallest absolute Gasteiger partial charge is 0.262 e. The highest BCUT2D eigenvalue weighted by molar-refractivity contribution is 9.10. The van der Waals surface area contributed by atoms with Crippen LogP contribution in [0.5, 0.6) is 11.5 Å². The van der Waals surface area contributed by atoms with Gasteiger partial charge in [-0.2, -0.15) is 0 Å². The Hall–Kier alpha value is -1.93. The van der Waals surface area contributed by atoms with Gasteiger partial charge in [0.1, 0.15) is 0 Å². The van der Waals surface area contributed by atoms with Crippen molar-refractivity contribution in [1.82, 2.24) is 0 Å². The quantitative estimate of drug-likeness (QED) is 0.257. The number of hydrogen-bond acceptors (Lipinski definition) is 4. The second-order valence-electron chi connectivity index (χ2n) is 7.12. The zero-order valence-electron chi connectivity index (χ0n) is 18.0. The van der Waals surface area contributed by atoms with Crippen molar-refractivity contribution in [3.63, 3.8) is 0 Å². The van der Waals surface area contributed by atoms with Crippen LogP contribution in [0.2, 0.25) is 10.0 Å². The second kappa shape index (κ2) is 12.0. The summed E-state index contributed by atoms with van der Waals surface area (Å²) >= 11 is 19.2. The molecule has 9 heteroatoms. The van der Waals surface area contributed by atoms with Gasteiger partial charge in [0, 0.05) is 27.4 Å². The molecule has 0 radical (unpaired) electrons. The number of hydrogen-bond donors (Lipinski definition) is 2. The summed E-state index contributed by atoms with van der Waals surface area (Å²) in [6.45, 7) is 4.61. The number of ether oxygens (including phenoxy) is 2. The molecule has 1 amide bonds. The summed E-state index contributed by atoms with van der Waals surface area (Å²) < 4.78 is 13.1. The predicted octanol–water partition coefficient (Wildman–Crippen LogP) is 7.86. The lowest BCUT2D eigenvalue weighted by Gasteiger charge is -2.16. The highest BCUT2D eigenvalue weighted by Crippen LogP contribution is 2.37. The van der Waals surface area contributed by atoms with Crippen LogP contribution in [-0.4, -0.2) is 19.1 Å². The van der Waals surface area contributed by atoms with Crippen molar-refractivity contribution in [3.05, 3.63) is 78.6 Å². The number of aryl methyl sites for hydroxylation is 1. The SMILES string of the molecule is CCOc1cc(CNc2ccc(Br)c(Cl)c2)cc(Br)c1OCC(=O)Nc1ccc(C)c(Cl)c1. The first-order valence-corrected chi connectivity index (χ1v) is 12.4. The Morgan fingerprint density at radius 2 is 1.67 bits per heavy atom. The van der Waals surface area contributed by atoms with Gasteiger partial charge < -0.3 is 20.1 Å². The maximum Gasteiger partial charge on any atom is 0.262 e. The summed E-state index contributed by atoms with van der Waals surface area (Å²) in [7, 11) is 0. The molecule has 5 nitrogen and oxygen atoms in total. The molecule has 0 spiro atoms. The average Bonchev–Trinajstić information content (AvgIpc) is 2.77. The van der Waals surface area contributed by atoms with E-state index in [4.69, 9.17) is 32.7 Å². The Morgan fingerprint density at radius 1 is 0.939 bits per heavy atom. The van der Waals surface area contributed by atoms with E-state index in [-0.39, 0.29) is 12.5 Å². The van der Waals surface area contributed by atoms with E-state index in [1.165, 1.54) is 0 Å². The third-order valence-corrected chi connectivity index (χ3v) is 6.82. The number of amides is 1. The summed E-state index contributed by atoms with van der Waals surface area (Å²) in [5.41, 5.74) is 3.41.